The van der Waals surface area contributed by atoms with E-state index >= 15 is 0 Å². The van der Waals surface area contributed by atoms with Crippen molar-refractivity contribution in [2.45, 2.75) is 12.8 Å². The fraction of sp³-hybridized carbons (Fsp3) is 0.368. The van der Waals surface area contributed by atoms with Crippen molar-refractivity contribution in [1.29, 1.82) is 5.26 Å². The molecule has 1 aromatic heterocycles. The smallest absolute Gasteiger partial charge is 0.234 e. The number of ether oxygens (including phenoxy) is 1. The first-order valence-corrected chi connectivity index (χ1v) is 8.42. The van der Waals surface area contributed by atoms with Crippen molar-refractivity contribution >= 4 is 22.4 Å². The fourth-order valence-corrected chi connectivity index (χ4v) is 3.11. The molecule has 1 aromatic carbocycles. The van der Waals surface area contributed by atoms with E-state index in [1.807, 2.05) is 24.4 Å². The standard InChI is InChI=1S/C19H22N4O2/c1-25-15-3-4-18-16(11-15)17(12-22-18)14-5-9-23(10-6-14)13-19(24)21-8-2-7-20/h3-5,11-12,22H,2,6,8-10,13H2,1H3,(H,21,24). The lowest BCUT2D eigenvalue weighted by atomic mass is 9.99. The third-order valence-corrected chi connectivity index (χ3v) is 4.45. The van der Waals surface area contributed by atoms with E-state index in [1.165, 1.54) is 11.1 Å². The number of aromatic amines is 1. The molecular formula is C19H22N4O2. The zero-order chi connectivity index (χ0) is 17.6. The summed E-state index contributed by atoms with van der Waals surface area (Å²) in [5, 5.41) is 12.4. The van der Waals surface area contributed by atoms with Crippen molar-refractivity contribution in [2.24, 2.45) is 0 Å². The molecule has 0 spiro atoms. The van der Waals surface area contributed by atoms with Gasteiger partial charge in [-0.25, -0.2) is 0 Å². The van der Waals surface area contributed by atoms with Crippen LogP contribution < -0.4 is 10.1 Å². The van der Waals surface area contributed by atoms with Crippen molar-refractivity contribution < 1.29 is 9.53 Å². The molecule has 0 saturated heterocycles. The fourth-order valence-electron chi connectivity index (χ4n) is 3.11. The van der Waals surface area contributed by atoms with Crippen LogP contribution in [-0.4, -0.2) is 49.1 Å². The van der Waals surface area contributed by atoms with E-state index < -0.39 is 0 Å². The zero-order valence-electron chi connectivity index (χ0n) is 14.3. The quantitative estimate of drug-likeness (QED) is 0.792. The Morgan fingerprint density at radius 3 is 3.08 bits per heavy atom. The van der Waals surface area contributed by atoms with Gasteiger partial charge in [0, 0.05) is 42.3 Å². The maximum Gasteiger partial charge on any atom is 0.234 e. The van der Waals surface area contributed by atoms with E-state index in [4.69, 9.17) is 10.00 Å². The molecule has 0 aliphatic carbocycles. The minimum atomic E-state index is -0.0241. The first-order chi connectivity index (χ1) is 12.2. The first-order valence-electron chi connectivity index (χ1n) is 8.42. The third-order valence-electron chi connectivity index (χ3n) is 4.45. The number of aromatic nitrogens is 1. The lowest BCUT2D eigenvalue weighted by molar-refractivity contribution is -0.122. The van der Waals surface area contributed by atoms with Gasteiger partial charge < -0.3 is 15.0 Å². The van der Waals surface area contributed by atoms with Gasteiger partial charge in [-0.15, -0.1) is 0 Å². The van der Waals surface area contributed by atoms with E-state index in [0.29, 0.717) is 19.5 Å². The van der Waals surface area contributed by atoms with Crippen LogP contribution in [0.1, 0.15) is 18.4 Å². The molecule has 0 bridgehead atoms. The molecule has 0 unspecified atom stereocenters. The SMILES string of the molecule is COc1ccc2[nH]cc(C3=CCN(CC(=O)NCCC#N)CC3)c2c1. The molecule has 2 aromatic rings. The Balaban J connectivity index is 1.65. The third kappa shape index (κ3) is 4.01. The largest absolute Gasteiger partial charge is 0.497 e. The summed E-state index contributed by atoms with van der Waals surface area (Å²) in [6.45, 7) is 2.38. The Bertz CT molecular complexity index is 832. The van der Waals surface area contributed by atoms with Gasteiger partial charge in [-0.1, -0.05) is 6.08 Å². The molecule has 0 atom stereocenters. The number of hydrogen-bond acceptors (Lipinski definition) is 4. The Hall–Kier alpha value is -2.78. The number of nitriles is 1. The highest BCUT2D eigenvalue weighted by molar-refractivity contribution is 5.93. The number of hydrogen-bond donors (Lipinski definition) is 2. The van der Waals surface area contributed by atoms with E-state index in [2.05, 4.69) is 27.3 Å². The number of nitrogens with one attached hydrogen (secondary N) is 2. The van der Waals surface area contributed by atoms with E-state index in [1.54, 1.807) is 7.11 Å². The topological polar surface area (TPSA) is 81.2 Å². The normalized spacial score (nSPS) is 14.8. The highest BCUT2D eigenvalue weighted by atomic mass is 16.5. The summed E-state index contributed by atoms with van der Waals surface area (Å²) >= 11 is 0. The number of H-pyrrole nitrogens is 1. The van der Waals surface area contributed by atoms with E-state index in [0.717, 1.165) is 36.2 Å². The van der Waals surface area contributed by atoms with Crippen LogP contribution in [0.5, 0.6) is 5.75 Å². The molecule has 2 heterocycles. The average Bonchev–Trinajstić information content (AvgIpc) is 3.05. The molecule has 0 saturated carbocycles. The molecule has 0 fully saturated rings. The molecule has 1 aliphatic rings. The van der Waals surface area contributed by atoms with Crippen LogP contribution in [0.15, 0.2) is 30.5 Å². The number of rotatable bonds is 6. The minimum absolute atomic E-state index is 0.0241. The summed E-state index contributed by atoms with van der Waals surface area (Å²) in [4.78, 5) is 17.3. The van der Waals surface area contributed by atoms with Crippen LogP contribution in [0.3, 0.4) is 0 Å². The highest BCUT2D eigenvalue weighted by Gasteiger charge is 2.17. The van der Waals surface area contributed by atoms with Gasteiger partial charge in [-0.05, 0) is 30.2 Å². The lowest BCUT2D eigenvalue weighted by Crippen LogP contribution is -2.39. The maximum atomic E-state index is 11.8. The number of nitrogens with zero attached hydrogens (tertiary/aromatic N) is 2. The van der Waals surface area contributed by atoms with Gasteiger partial charge in [0.05, 0.1) is 26.1 Å². The number of carbonyl (C=O) groups is 1. The Morgan fingerprint density at radius 2 is 2.36 bits per heavy atom. The first kappa shape index (κ1) is 17.1. The van der Waals surface area contributed by atoms with Crippen molar-refractivity contribution in [1.82, 2.24) is 15.2 Å². The van der Waals surface area contributed by atoms with Crippen molar-refractivity contribution in [3.8, 4) is 11.8 Å². The van der Waals surface area contributed by atoms with E-state index in [9.17, 15) is 4.79 Å². The lowest BCUT2D eigenvalue weighted by Gasteiger charge is -2.25. The van der Waals surface area contributed by atoms with E-state index in [-0.39, 0.29) is 5.91 Å². The second-order valence-corrected chi connectivity index (χ2v) is 6.09. The van der Waals surface area contributed by atoms with Crippen LogP contribution in [0.4, 0.5) is 0 Å². The Morgan fingerprint density at radius 1 is 1.48 bits per heavy atom. The Kier molecular flexibility index (Phi) is 5.36. The highest BCUT2D eigenvalue weighted by Crippen LogP contribution is 2.31. The van der Waals surface area contributed by atoms with Gasteiger partial charge in [0.1, 0.15) is 5.75 Å². The van der Waals surface area contributed by atoms with Gasteiger partial charge in [0.2, 0.25) is 5.91 Å². The second kappa shape index (κ2) is 7.86. The molecule has 1 amide bonds. The number of carbonyl (C=O) groups excluding carboxylic acids is 1. The number of amides is 1. The zero-order valence-corrected chi connectivity index (χ0v) is 14.3. The van der Waals surface area contributed by atoms with Crippen molar-refractivity contribution in [3.63, 3.8) is 0 Å². The van der Waals surface area contributed by atoms with Crippen molar-refractivity contribution in [3.05, 3.63) is 36.0 Å². The molecule has 25 heavy (non-hydrogen) atoms. The number of benzene rings is 1. The molecular weight excluding hydrogens is 316 g/mol. The summed E-state index contributed by atoms with van der Waals surface area (Å²) in [7, 11) is 1.67. The monoisotopic (exact) mass is 338 g/mol. The number of fused-ring (bicyclic) bond motifs is 1. The molecule has 130 valence electrons. The van der Waals surface area contributed by atoms with Crippen LogP contribution >= 0.6 is 0 Å². The van der Waals surface area contributed by atoms with Gasteiger partial charge in [0.25, 0.3) is 0 Å². The van der Waals surface area contributed by atoms with Crippen LogP contribution in [-0.2, 0) is 4.79 Å². The van der Waals surface area contributed by atoms with Gasteiger partial charge in [-0.3, -0.25) is 9.69 Å². The van der Waals surface area contributed by atoms with Crippen molar-refractivity contribution in [2.75, 3.05) is 33.3 Å². The molecule has 6 heteroatoms. The Labute approximate surface area is 147 Å². The minimum Gasteiger partial charge on any atom is -0.497 e. The summed E-state index contributed by atoms with van der Waals surface area (Å²) in [5.74, 6) is 0.823. The summed E-state index contributed by atoms with van der Waals surface area (Å²) in [5.41, 5.74) is 3.59. The molecule has 3 rings (SSSR count). The average molecular weight is 338 g/mol. The predicted octanol–water partition coefficient (Wildman–Crippen LogP) is 2.30. The summed E-state index contributed by atoms with van der Waals surface area (Å²) < 4.78 is 5.33. The second-order valence-electron chi connectivity index (χ2n) is 6.09. The molecule has 1 aliphatic heterocycles. The van der Waals surface area contributed by atoms with Gasteiger partial charge >= 0.3 is 0 Å². The summed E-state index contributed by atoms with van der Waals surface area (Å²) in [6.07, 6.45) is 5.48. The molecule has 2 N–H and O–H groups in total. The maximum absolute atomic E-state index is 11.8. The van der Waals surface area contributed by atoms with Crippen LogP contribution in [0.25, 0.3) is 16.5 Å². The number of methoxy groups -OCH3 is 1. The van der Waals surface area contributed by atoms with Crippen LogP contribution in [0, 0.1) is 11.3 Å². The van der Waals surface area contributed by atoms with Gasteiger partial charge in [0.15, 0.2) is 0 Å². The summed E-state index contributed by atoms with van der Waals surface area (Å²) in [6, 6.07) is 8.05. The van der Waals surface area contributed by atoms with Crippen LogP contribution in [0.2, 0.25) is 0 Å². The molecule has 0 radical (unpaired) electrons. The molecule has 6 nitrogen and oxygen atoms in total. The van der Waals surface area contributed by atoms with Gasteiger partial charge in [-0.2, -0.15) is 5.26 Å². The predicted molar refractivity (Wildman–Crippen MR) is 97.1 cm³/mol.